The first-order valence-corrected chi connectivity index (χ1v) is 9.41. The van der Waals surface area contributed by atoms with E-state index in [4.69, 9.17) is 14.2 Å². The predicted molar refractivity (Wildman–Crippen MR) is 99.1 cm³/mol. The van der Waals surface area contributed by atoms with Gasteiger partial charge >= 0.3 is 6.09 Å². The lowest BCUT2D eigenvalue weighted by atomic mass is 10.2. The fraction of sp³-hybridized carbons (Fsp3) is 0.632. The van der Waals surface area contributed by atoms with Crippen LogP contribution in [0.5, 0.6) is 0 Å². The van der Waals surface area contributed by atoms with Crippen molar-refractivity contribution in [3.63, 3.8) is 0 Å². The van der Waals surface area contributed by atoms with Gasteiger partial charge in [0.25, 0.3) is 5.91 Å². The average Bonchev–Trinajstić information content (AvgIpc) is 3.16. The van der Waals surface area contributed by atoms with E-state index in [9.17, 15) is 9.59 Å². The van der Waals surface area contributed by atoms with Crippen molar-refractivity contribution >= 4 is 17.7 Å². The van der Waals surface area contributed by atoms with Gasteiger partial charge in [-0.1, -0.05) is 0 Å². The molecular weight excluding hydrogens is 364 g/mol. The van der Waals surface area contributed by atoms with Gasteiger partial charge in [0.2, 0.25) is 5.79 Å². The van der Waals surface area contributed by atoms with Crippen LogP contribution in [0.15, 0.2) is 18.2 Å². The fourth-order valence-electron chi connectivity index (χ4n) is 3.63. The maximum atomic E-state index is 12.9. The van der Waals surface area contributed by atoms with Gasteiger partial charge in [0.05, 0.1) is 42.9 Å². The molecule has 3 aliphatic heterocycles. The van der Waals surface area contributed by atoms with Crippen molar-refractivity contribution in [3.8, 4) is 0 Å². The molecule has 9 heteroatoms. The lowest BCUT2D eigenvalue weighted by molar-refractivity contribution is -0.150. The van der Waals surface area contributed by atoms with Crippen molar-refractivity contribution in [2.24, 2.45) is 0 Å². The van der Waals surface area contributed by atoms with Crippen LogP contribution in [-0.2, 0) is 32.1 Å². The van der Waals surface area contributed by atoms with Crippen LogP contribution in [0.4, 0.5) is 10.5 Å². The Morgan fingerprint density at radius 3 is 2.71 bits per heavy atom. The second-order valence-corrected chi connectivity index (χ2v) is 8.86. The standard InChI is InChI=1S/C19H26N4O5/c1-11-8-23-13(9-21(11)17(25)28-18(2,3)4)12(7-20-23)22-10-14-15(16(22)24)27-19(5,6)26-14/h7,10-11,15H,8-9H2,1-6H3/t11?,15-/m1/s1. The summed E-state index contributed by atoms with van der Waals surface area (Å²) in [5.74, 6) is -0.554. The zero-order chi connectivity index (χ0) is 20.4. The number of hydrogen-bond acceptors (Lipinski definition) is 6. The van der Waals surface area contributed by atoms with Gasteiger partial charge in [-0.3, -0.25) is 19.3 Å². The van der Waals surface area contributed by atoms with E-state index in [1.54, 1.807) is 31.1 Å². The highest BCUT2D eigenvalue weighted by Gasteiger charge is 2.49. The quantitative estimate of drug-likeness (QED) is 0.732. The molecule has 0 N–H and O–H groups in total. The van der Waals surface area contributed by atoms with Crippen molar-refractivity contribution in [3.05, 3.63) is 23.8 Å². The van der Waals surface area contributed by atoms with Crippen LogP contribution in [0, 0.1) is 0 Å². The molecule has 0 radical (unpaired) electrons. The average molecular weight is 390 g/mol. The van der Waals surface area contributed by atoms with Gasteiger partial charge in [-0.2, -0.15) is 5.10 Å². The molecule has 1 aromatic heterocycles. The van der Waals surface area contributed by atoms with E-state index in [1.807, 2.05) is 32.4 Å². The first-order chi connectivity index (χ1) is 13.0. The highest BCUT2D eigenvalue weighted by Crippen LogP contribution is 2.39. The Morgan fingerprint density at radius 2 is 2.07 bits per heavy atom. The summed E-state index contributed by atoms with van der Waals surface area (Å²) in [6, 6.07) is -0.0745. The highest BCUT2D eigenvalue weighted by atomic mass is 16.7. The molecule has 1 unspecified atom stereocenters. The molecule has 152 valence electrons. The van der Waals surface area contributed by atoms with Gasteiger partial charge in [0.1, 0.15) is 5.60 Å². The van der Waals surface area contributed by atoms with Crippen LogP contribution < -0.4 is 4.90 Å². The number of amides is 2. The molecule has 2 amide bonds. The summed E-state index contributed by atoms with van der Waals surface area (Å²) >= 11 is 0. The van der Waals surface area contributed by atoms with Crippen molar-refractivity contribution in [2.75, 3.05) is 4.90 Å². The number of rotatable bonds is 1. The smallest absolute Gasteiger partial charge is 0.410 e. The van der Waals surface area contributed by atoms with Crippen LogP contribution in [0.25, 0.3) is 0 Å². The molecule has 9 nitrogen and oxygen atoms in total. The first kappa shape index (κ1) is 18.8. The van der Waals surface area contributed by atoms with Crippen LogP contribution >= 0.6 is 0 Å². The third kappa shape index (κ3) is 3.13. The van der Waals surface area contributed by atoms with E-state index >= 15 is 0 Å². The van der Waals surface area contributed by atoms with Crippen molar-refractivity contribution in [1.82, 2.24) is 14.7 Å². The Morgan fingerprint density at radius 1 is 1.36 bits per heavy atom. The molecule has 4 rings (SSSR count). The maximum Gasteiger partial charge on any atom is 0.410 e. The molecule has 1 saturated heterocycles. The highest BCUT2D eigenvalue weighted by molar-refractivity contribution is 6.03. The van der Waals surface area contributed by atoms with Gasteiger partial charge in [0.15, 0.2) is 11.9 Å². The van der Waals surface area contributed by atoms with Crippen LogP contribution in [0.3, 0.4) is 0 Å². The maximum absolute atomic E-state index is 12.9. The van der Waals surface area contributed by atoms with Crippen molar-refractivity contribution in [1.29, 1.82) is 0 Å². The fourth-order valence-corrected chi connectivity index (χ4v) is 3.63. The number of fused-ring (bicyclic) bond motifs is 2. The van der Waals surface area contributed by atoms with Gasteiger partial charge < -0.3 is 14.2 Å². The number of hydrogen-bond donors (Lipinski definition) is 0. The summed E-state index contributed by atoms with van der Waals surface area (Å²) in [5, 5.41) is 4.41. The second kappa shape index (κ2) is 5.97. The summed E-state index contributed by atoms with van der Waals surface area (Å²) in [4.78, 5) is 28.6. The Bertz CT molecular complexity index is 866. The zero-order valence-corrected chi connectivity index (χ0v) is 17.1. The van der Waals surface area contributed by atoms with E-state index < -0.39 is 17.5 Å². The first-order valence-electron chi connectivity index (χ1n) is 9.41. The Kier molecular flexibility index (Phi) is 4.01. The van der Waals surface area contributed by atoms with Crippen molar-refractivity contribution in [2.45, 2.75) is 78.2 Å². The van der Waals surface area contributed by atoms with Crippen LogP contribution in [-0.4, -0.2) is 50.2 Å². The number of carbonyl (C=O) groups excluding carboxylic acids is 2. The van der Waals surface area contributed by atoms with Crippen molar-refractivity contribution < 1.29 is 23.8 Å². The normalized spacial score (nSPS) is 25.9. The Labute approximate surface area is 163 Å². The summed E-state index contributed by atoms with van der Waals surface area (Å²) in [6.45, 7) is 11.8. The molecular formula is C19H26N4O5. The van der Waals surface area contributed by atoms with Gasteiger partial charge in [-0.25, -0.2) is 4.79 Å². The molecule has 0 aliphatic carbocycles. The Hall–Kier alpha value is -2.55. The van der Waals surface area contributed by atoms with E-state index in [0.29, 0.717) is 24.5 Å². The largest absolute Gasteiger partial charge is 0.462 e. The molecule has 2 atom stereocenters. The third-order valence-electron chi connectivity index (χ3n) is 4.85. The lowest BCUT2D eigenvalue weighted by Crippen LogP contribution is -2.47. The summed E-state index contributed by atoms with van der Waals surface area (Å²) in [6.07, 6.45) is 2.17. The minimum atomic E-state index is -0.820. The SMILES string of the molecule is CC1Cn2ncc(N3C=C4OC(C)(C)O[C@H]4C3=O)c2CN1C(=O)OC(C)(C)C. The topological polar surface area (TPSA) is 86.1 Å². The van der Waals surface area contributed by atoms with Crippen LogP contribution in [0.2, 0.25) is 0 Å². The Balaban J connectivity index is 1.60. The molecule has 0 bridgehead atoms. The molecule has 0 aromatic carbocycles. The molecule has 28 heavy (non-hydrogen) atoms. The number of ether oxygens (including phenoxy) is 3. The molecule has 4 heterocycles. The summed E-state index contributed by atoms with van der Waals surface area (Å²) < 4.78 is 18.8. The molecule has 1 fully saturated rings. The predicted octanol–water partition coefficient (Wildman–Crippen LogP) is 2.36. The molecule has 1 aromatic rings. The number of nitrogens with zero attached hydrogens (tertiary/aromatic N) is 4. The molecule has 0 saturated carbocycles. The minimum Gasteiger partial charge on any atom is -0.462 e. The summed E-state index contributed by atoms with van der Waals surface area (Å²) in [7, 11) is 0. The molecule has 3 aliphatic rings. The number of aromatic nitrogens is 2. The minimum absolute atomic E-state index is 0.0745. The third-order valence-corrected chi connectivity index (χ3v) is 4.85. The van der Waals surface area contributed by atoms with E-state index in [2.05, 4.69) is 5.10 Å². The van der Waals surface area contributed by atoms with Gasteiger partial charge in [0, 0.05) is 13.8 Å². The zero-order valence-electron chi connectivity index (χ0n) is 17.1. The van der Waals surface area contributed by atoms with Crippen LogP contribution in [0.1, 0.15) is 47.2 Å². The number of anilines is 1. The molecule has 0 spiro atoms. The van der Waals surface area contributed by atoms with E-state index in [-0.39, 0.29) is 18.0 Å². The lowest BCUT2D eigenvalue weighted by Gasteiger charge is -2.35. The number of carbonyl (C=O) groups is 2. The van der Waals surface area contributed by atoms with E-state index in [1.165, 1.54) is 4.90 Å². The monoisotopic (exact) mass is 390 g/mol. The van der Waals surface area contributed by atoms with E-state index in [0.717, 1.165) is 5.69 Å². The van der Waals surface area contributed by atoms with Gasteiger partial charge in [-0.05, 0) is 27.7 Å². The summed E-state index contributed by atoms with van der Waals surface area (Å²) in [5.41, 5.74) is 0.816. The van der Waals surface area contributed by atoms with Gasteiger partial charge in [-0.15, -0.1) is 0 Å². The second-order valence-electron chi connectivity index (χ2n) is 8.86.